The minimum absolute atomic E-state index is 0.0735. The summed E-state index contributed by atoms with van der Waals surface area (Å²) in [6.45, 7) is 9.58. The number of hydrogen-bond donors (Lipinski definition) is 0. The molecule has 1 aliphatic heterocycles. The SMILES string of the molecule is CC.COCC1(OC)CCN(C(=O)OC(C)C)CC1. The fraction of sp³-hybridized carbons (Fsp3) is 0.929. The first-order valence-corrected chi connectivity index (χ1v) is 7.02. The number of piperidine rings is 1. The predicted octanol–water partition coefficient (Wildman–Crippen LogP) is 2.69. The van der Waals surface area contributed by atoms with Gasteiger partial charge in [-0.2, -0.15) is 0 Å². The van der Waals surface area contributed by atoms with Crippen LogP contribution >= 0.6 is 0 Å². The highest BCUT2D eigenvalue weighted by atomic mass is 16.6. The Morgan fingerprint density at radius 3 is 2.11 bits per heavy atom. The molecule has 1 saturated heterocycles. The van der Waals surface area contributed by atoms with Crippen molar-refractivity contribution in [3.63, 3.8) is 0 Å². The Kier molecular flexibility index (Phi) is 8.76. The van der Waals surface area contributed by atoms with Gasteiger partial charge in [0.2, 0.25) is 0 Å². The van der Waals surface area contributed by atoms with Crippen LogP contribution < -0.4 is 0 Å². The van der Waals surface area contributed by atoms with E-state index in [4.69, 9.17) is 14.2 Å². The van der Waals surface area contributed by atoms with Gasteiger partial charge in [-0.05, 0) is 26.7 Å². The van der Waals surface area contributed by atoms with Gasteiger partial charge in [-0.1, -0.05) is 13.8 Å². The molecule has 1 fully saturated rings. The van der Waals surface area contributed by atoms with Crippen LogP contribution in [0.15, 0.2) is 0 Å². The van der Waals surface area contributed by atoms with Crippen LogP contribution in [0.25, 0.3) is 0 Å². The van der Waals surface area contributed by atoms with Gasteiger partial charge in [0.15, 0.2) is 0 Å². The third-order valence-corrected chi connectivity index (χ3v) is 3.11. The van der Waals surface area contributed by atoms with Crippen molar-refractivity contribution in [1.82, 2.24) is 4.90 Å². The van der Waals surface area contributed by atoms with Gasteiger partial charge in [0, 0.05) is 27.3 Å². The maximum Gasteiger partial charge on any atom is 0.410 e. The van der Waals surface area contributed by atoms with Crippen molar-refractivity contribution in [2.24, 2.45) is 0 Å². The molecule has 1 heterocycles. The Bertz CT molecular complexity index is 248. The molecule has 0 spiro atoms. The molecule has 1 aliphatic rings. The van der Waals surface area contributed by atoms with Gasteiger partial charge in [0.25, 0.3) is 0 Å². The highest BCUT2D eigenvalue weighted by molar-refractivity contribution is 5.67. The third-order valence-electron chi connectivity index (χ3n) is 3.11. The Hall–Kier alpha value is -0.810. The molecule has 5 heteroatoms. The lowest BCUT2D eigenvalue weighted by molar-refractivity contribution is -0.0962. The zero-order valence-electron chi connectivity index (χ0n) is 13.2. The van der Waals surface area contributed by atoms with E-state index in [1.54, 1.807) is 19.1 Å². The van der Waals surface area contributed by atoms with E-state index in [9.17, 15) is 4.79 Å². The molecule has 0 radical (unpaired) electrons. The number of ether oxygens (including phenoxy) is 3. The number of carbonyl (C=O) groups is 1. The average Bonchev–Trinajstić information content (AvgIpc) is 2.41. The van der Waals surface area contributed by atoms with E-state index < -0.39 is 0 Å². The first kappa shape index (κ1) is 18.2. The first-order chi connectivity index (χ1) is 9.03. The van der Waals surface area contributed by atoms with E-state index in [0.29, 0.717) is 19.7 Å². The summed E-state index contributed by atoms with van der Waals surface area (Å²) < 4.78 is 15.9. The summed E-state index contributed by atoms with van der Waals surface area (Å²) in [7, 11) is 3.36. The minimum atomic E-state index is -0.247. The second-order valence-corrected chi connectivity index (χ2v) is 4.74. The Morgan fingerprint density at radius 1 is 1.21 bits per heavy atom. The molecule has 0 aliphatic carbocycles. The molecule has 19 heavy (non-hydrogen) atoms. The molecule has 0 saturated carbocycles. The molecule has 0 unspecified atom stereocenters. The lowest BCUT2D eigenvalue weighted by atomic mass is 9.92. The topological polar surface area (TPSA) is 48.0 Å². The van der Waals surface area contributed by atoms with Crippen molar-refractivity contribution < 1.29 is 19.0 Å². The van der Waals surface area contributed by atoms with Gasteiger partial charge in [-0.3, -0.25) is 0 Å². The maximum atomic E-state index is 11.7. The van der Waals surface area contributed by atoms with Gasteiger partial charge in [-0.15, -0.1) is 0 Å². The number of amides is 1. The highest BCUT2D eigenvalue weighted by Crippen LogP contribution is 2.26. The van der Waals surface area contributed by atoms with Crippen molar-refractivity contribution in [3.05, 3.63) is 0 Å². The zero-order chi connectivity index (χ0) is 14.9. The minimum Gasteiger partial charge on any atom is -0.447 e. The molecular formula is C14H29NO4. The maximum absolute atomic E-state index is 11.7. The van der Waals surface area contributed by atoms with Crippen LogP contribution in [-0.4, -0.2) is 56.6 Å². The molecular weight excluding hydrogens is 246 g/mol. The van der Waals surface area contributed by atoms with E-state index in [1.807, 2.05) is 27.7 Å². The fourth-order valence-electron chi connectivity index (χ4n) is 2.04. The van der Waals surface area contributed by atoms with Gasteiger partial charge in [0.1, 0.15) is 0 Å². The van der Waals surface area contributed by atoms with E-state index in [1.165, 1.54) is 0 Å². The summed E-state index contributed by atoms with van der Waals surface area (Å²) in [5.74, 6) is 0. The van der Waals surface area contributed by atoms with Gasteiger partial charge >= 0.3 is 6.09 Å². The molecule has 0 aromatic heterocycles. The van der Waals surface area contributed by atoms with E-state index in [0.717, 1.165) is 12.8 Å². The quantitative estimate of drug-likeness (QED) is 0.791. The molecule has 114 valence electrons. The highest BCUT2D eigenvalue weighted by Gasteiger charge is 2.36. The number of carbonyl (C=O) groups excluding carboxylic acids is 1. The molecule has 0 aromatic rings. The van der Waals surface area contributed by atoms with Crippen molar-refractivity contribution in [2.45, 2.75) is 52.2 Å². The zero-order valence-corrected chi connectivity index (χ0v) is 13.2. The lowest BCUT2D eigenvalue weighted by Crippen LogP contribution is -2.50. The smallest absolute Gasteiger partial charge is 0.410 e. The largest absolute Gasteiger partial charge is 0.447 e. The summed E-state index contributed by atoms with van der Waals surface area (Å²) in [5.41, 5.74) is -0.247. The second kappa shape index (κ2) is 9.15. The number of rotatable bonds is 4. The van der Waals surface area contributed by atoms with Crippen LogP contribution in [0.1, 0.15) is 40.5 Å². The van der Waals surface area contributed by atoms with Crippen molar-refractivity contribution >= 4 is 6.09 Å². The molecule has 0 bridgehead atoms. The second-order valence-electron chi connectivity index (χ2n) is 4.74. The van der Waals surface area contributed by atoms with E-state index in [2.05, 4.69) is 0 Å². The Balaban J connectivity index is 0.00000154. The third kappa shape index (κ3) is 5.78. The standard InChI is InChI=1S/C12H23NO4.C2H6/c1-10(2)17-11(14)13-7-5-12(16-4,6-8-13)9-15-3;1-2/h10H,5-9H2,1-4H3;1-2H3. The van der Waals surface area contributed by atoms with Gasteiger partial charge in [0.05, 0.1) is 18.3 Å². The molecule has 5 nitrogen and oxygen atoms in total. The Labute approximate surface area is 117 Å². The number of likely N-dealkylation sites (tertiary alicyclic amines) is 1. The molecule has 1 amide bonds. The summed E-state index contributed by atoms with van der Waals surface area (Å²) in [6.07, 6.45) is 1.26. The van der Waals surface area contributed by atoms with E-state index >= 15 is 0 Å². The fourth-order valence-corrected chi connectivity index (χ4v) is 2.04. The summed E-state index contributed by atoms with van der Waals surface area (Å²) >= 11 is 0. The Morgan fingerprint density at radius 2 is 1.74 bits per heavy atom. The van der Waals surface area contributed by atoms with Crippen LogP contribution in [0.2, 0.25) is 0 Å². The van der Waals surface area contributed by atoms with Crippen molar-refractivity contribution in [2.75, 3.05) is 33.9 Å². The van der Waals surface area contributed by atoms with E-state index in [-0.39, 0.29) is 17.8 Å². The van der Waals surface area contributed by atoms with Crippen LogP contribution in [0.5, 0.6) is 0 Å². The van der Waals surface area contributed by atoms with Crippen molar-refractivity contribution in [1.29, 1.82) is 0 Å². The summed E-state index contributed by atoms with van der Waals surface area (Å²) in [4.78, 5) is 13.4. The molecule has 0 atom stereocenters. The monoisotopic (exact) mass is 275 g/mol. The molecule has 1 rings (SSSR count). The van der Waals surface area contributed by atoms with Gasteiger partial charge < -0.3 is 19.1 Å². The molecule has 0 N–H and O–H groups in total. The number of hydrogen-bond acceptors (Lipinski definition) is 4. The average molecular weight is 275 g/mol. The van der Waals surface area contributed by atoms with Crippen LogP contribution in [-0.2, 0) is 14.2 Å². The van der Waals surface area contributed by atoms with Crippen molar-refractivity contribution in [3.8, 4) is 0 Å². The predicted molar refractivity (Wildman–Crippen MR) is 75.4 cm³/mol. The van der Waals surface area contributed by atoms with Gasteiger partial charge in [-0.25, -0.2) is 4.79 Å². The number of nitrogens with zero attached hydrogens (tertiary/aromatic N) is 1. The normalized spacial score (nSPS) is 17.7. The van der Waals surface area contributed by atoms with Crippen LogP contribution in [0.4, 0.5) is 4.79 Å². The lowest BCUT2D eigenvalue weighted by Gasteiger charge is -2.40. The van der Waals surface area contributed by atoms with Crippen LogP contribution in [0.3, 0.4) is 0 Å². The molecule has 0 aromatic carbocycles. The summed E-state index contributed by atoms with van der Waals surface area (Å²) in [5, 5.41) is 0. The van der Waals surface area contributed by atoms with Crippen LogP contribution in [0, 0.1) is 0 Å². The first-order valence-electron chi connectivity index (χ1n) is 7.02. The number of methoxy groups -OCH3 is 2. The summed E-state index contributed by atoms with van der Waals surface area (Å²) in [6, 6.07) is 0.